The lowest BCUT2D eigenvalue weighted by atomic mass is 9.96. The summed E-state index contributed by atoms with van der Waals surface area (Å²) in [6.07, 6.45) is -0.379. The Morgan fingerprint density at radius 2 is 1.49 bits per heavy atom. The minimum atomic E-state index is -1.15. The molecule has 11 nitrogen and oxygen atoms in total. The average molecular weight is 549 g/mol. The summed E-state index contributed by atoms with van der Waals surface area (Å²) in [6, 6.07) is 5.99. The van der Waals surface area contributed by atoms with Crippen LogP contribution in [0, 0.1) is 11.8 Å². The van der Waals surface area contributed by atoms with Gasteiger partial charge in [0, 0.05) is 6.42 Å². The number of rotatable bonds is 14. The largest absolute Gasteiger partial charge is 0.461 e. The van der Waals surface area contributed by atoms with Gasteiger partial charge in [-0.3, -0.25) is 19.2 Å². The van der Waals surface area contributed by atoms with Gasteiger partial charge in [-0.2, -0.15) is 0 Å². The molecular weight excluding hydrogens is 504 g/mol. The van der Waals surface area contributed by atoms with Gasteiger partial charge in [0.1, 0.15) is 30.3 Å². The summed E-state index contributed by atoms with van der Waals surface area (Å²) in [5.74, 6) is -3.19. The number of nitrogens with two attached hydrogens (primary N) is 1. The van der Waals surface area contributed by atoms with Gasteiger partial charge in [-0.15, -0.1) is 0 Å². The molecule has 0 aliphatic carbocycles. The van der Waals surface area contributed by atoms with Crippen molar-refractivity contribution in [3.63, 3.8) is 0 Å². The van der Waals surface area contributed by atoms with Gasteiger partial charge in [0.25, 0.3) is 0 Å². The van der Waals surface area contributed by atoms with Crippen LogP contribution in [0.25, 0.3) is 0 Å². The highest BCUT2D eigenvalue weighted by atomic mass is 16.6. The van der Waals surface area contributed by atoms with E-state index < -0.39 is 53.5 Å². The first kappa shape index (κ1) is 33.4. The maximum atomic E-state index is 13.2. The second kappa shape index (κ2) is 15.7. The Morgan fingerprint density at radius 1 is 0.897 bits per heavy atom. The second-order valence-corrected chi connectivity index (χ2v) is 10.9. The molecule has 11 heteroatoms. The summed E-state index contributed by atoms with van der Waals surface area (Å²) in [5, 5.41) is 7.81. The van der Waals surface area contributed by atoms with Crippen molar-refractivity contribution < 1.29 is 33.4 Å². The number of carbonyl (C=O) groups excluding carboxylic acids is 5. The maximum absolute atomic E-state index is 13.2. The Bertz CT molecular complexity index is 976. The smallest absolute Gasteiger partial charge is 0.408 e. The van der Waals surface area contributed by atoms with E-state index in [2.05, 4.69) is 16.0 Å². The van der Waals surface area contributed by atoms with Crippen LogP contribution in [0.4, 0.5) is 4.79 Å². The van der Waals surface area contributed by atoms with Crippen LogP contribution < -0.4 is 21.7 Å². The van der Waals surface area contributed by atoms with Crippen molar-refractivity contribution in [2.45, 2.75) is 98.1 Å². The van der Waals surface area contributed by atoms with E-state index in [1.807, 2.05) is 37.3 Å². The lowest BCUT2D eigenvalue weighted by Crippen LogP contribution is -2.59. The van der Waals surface area contributed by atoms with Crippen LogP contribution in [-0.2, 0) is 35.3 Å². The number of nitrogens with one attached hydrogen (secondary N) is 3. The Morgan fingerprint density at radius 3 is 2.00 bits per heavy atom. The van der Waals surface area contributed by atoms with Crippen LogP contribution in [0.1, 0.15) is 73.3 Å². The number of primary amides is 1. The third kappa shape index (κ3) is 12.6. The van der Waals surface area contributed by atoms with Gasteiger partial charge in [-0.25, -0.2) is 4.79 Å². The first-order chi connectivity index (χ1) is 18.1. The number of amides is 4. The summed E-state index contributed by atoms with van der Waals surface area (Å²) in [6.45, 7) is 12.3. The molecule has 0 aliphatic rings. The fourth-order valence-electron chi connectivity index (χ4n) is 3.53. The van der Waals surface area contributed by atoms with Gasteiger partial charge in [-0.1, -0.05) is 64.4 Å². The molecule has 218 valence electrons. The summed E-state index contributed by atoms with van der Waals surface area (Å²) in [7, 11) is 0. The molecule has 0 unspecified atom stereocenters. The van der Waals surface area contributed by atoms with E-state index in [0.717, 1.165) is 5.56 Å². The number of carbonyl (C=O) groups is 5. The zero-order valence-electron chi connectivity index (χ0n) is 24.0. The number of benzene rings is 1. The lowest BCUT2D eigenvalue weighted by Gasteiger charge is -2.29. The fourth-order valence-corrected chi connectivity index (χ4v) is 3.53. The van der Waals surface area contributed by atoms with E-state index >= 15 is 0 Å². The van der Waals surface area contributed by atoms with Crippen molar-refractivity contribution in [1.82, 2.24) is 16.0 Å². The highest BCUT2D eigenvalue weighted by molar-refractivity contribution is 5.94. The van der Waals surface area contributed by atoms with Gasteiger partial charge in [0.2, 0.25) is 17.7 Å². The van der Waals surface area contributed by atoms with Crippen LogP contribution in [0.5, 0.6) is 0 Å². The van der Waals surface area contributed by atoms with Crippen molar-refractivity contribution in [2.24, 2.45) is 17.6 Å². The lowest BCUT2D eigenvalue weighted by molar-refractivity contribution is -0.145. The predicted molar refractivity (Wildman–Crippen MR) is 146 cm³/mol. The summed E-state index contributed by atoms with van der Waals surface area (Å²) < 4.78 is 10.5. The number of hydrogen-bond donors (Lipinski definition) is 4. The van der Waals surface area contributed by atoms with E-state index in [-0.39, 0.29) is 31.3 Å². The molecule has 0 spiro atoms. The maximum Gasteiger partial charge on any atom is 0.408 e. The van der Waals surface area contributed by atoms with Crippen LogP contribution in [-0.4, -0.2) is 53.5 Å². The highest BCUT2D eigenvalue weighted by Gasteiger charge is 2.33. The van der Waals surface area contributed by atoms with Crippen LogP contribution in [0.2, 0.25) is 0 Å². The zero-order chi connectivity index (χ0) is 29.8. The molecule has 0 heterocycles. The van der Waals surface area contributed by atoms with E-state index in [9.17, 15) is 24.0 Å². The normalized spacial score (nSPS) is 14.4. The third-order valence-corrected chi connectivity index (χ3v) is 5.95. The van der Waals surface area contributed by atoms with Crippen molar-refractivity contribution in [3.05, 3.63) is 35.9 Å². The van der Waals surface area contributed by atoms with Crippen molar-refractivity contribution in [3.8, 4) is 0 Å². The Kier molecular flexibility index (Phi) is 13.4. The Labute approximate surface area is 230 Å². The monoisotopic (exact) mass is 548 g/mol. The standard InChI is InChI=1S/C28H44N4O7/c1-8-18(4)23(32-27(37)39-28(5,6)7)26(36)31-22(17(2)3)25(35)30-20(24(29)34)14-15-21(33)38-16-19-12-10-9-11-13-19/h9-13,17-18,20,22-23H,8,14-16H2,1-7H3,(H2,29,34)(H,30,35)(H,31,36)(H,32,37)/t18-,20+,22+,23-/m0/s1. The fraction of sp³-hybridized carbons (Fsp3) is 0.607. The van der Waals surface area contributed by atoms with E-state index in [0.29, 0.717) is 6.42 Å². The minimum Gasteiger partial charge on any atom is -0.461 e. The second-order valence-electron chi connectivity index (χ2n) is 10.9. The van der Waals surface area contributed by atoms with Gasteiger partial charge < -0.3 is 31.2 Å². The van der Waals surface area contributed by atoms with Gasteiger partial charge in [-0.05, 0) is 44.6 Å². The first-order valence-corrected chi connectivity index (χ1v) is 13.2. The third-order valence-electron chi connectivity index (χ3n) is 5.95. The molecular formula is C28H44N4O7. The number of esters is 1. The quantitative estimate of drug-likeness (QED) is 0.259. The van der Waals surface area contributed by atoms with Crippen LogP contribution in [0.3, 0.4) is 0 Å². The van der Waals surface area contributed by atoms with Crippen molar-refractivity contribution in [2.75, 3.05) is 0 Å². The molecule has 0 saturated heterocycles. The molecule has 0 bridgehead atoms. The minimum absolute atomic E-state index is 0.0663. The van der Waals surface area contributed by atoms with Gasteiger partial charge >= 0.3 is 12.1 Å². The van der Waals surface area contributed by atoms with Crippen molar-refractivity contribution in [1.29, 1.82) is 0 Å². The summed E-state index contributed by atoms with van der Waals surface area (Å²) in [4.78, 5) is 62.8. The SMILES string of the molecule is CC[C@H](C)[C@H](NC(=O)OC(C)(C)C)C(=O)N[C@@H](C(=O)N[C@H](CCC(=O)OCc1ccccc1)C(N)=O)C(C)C. The molecule has 1 rings (SSSR count). The van der Waals surface area contributed by atoms with Gasteiger partial charge in [0.15, 0.2) is 0 Å². The van der Waals surface area contributed by atoms with Gasteiger partial charge in [0.05, 0.1) is 0 Å². The molecule has 0 aromatic heterocycles. The number of hydrogen-bond acceptors (Lipinski definition) is 7. The average Bonchev–Trinajstić information content (AvgIpc) is 2.85. The molecule has 0 aliphatic heterocycles. The molecule has 0 saturated carbocycles. The Balaban J connectivity index is 2.82. The molecule has 1 aromatic rings. The highest BCUT2D eigenvalue weighted by Crippen LogP contribution is 2.13. The number of alkyl carbamates (subject to hydrolysis) is 1. The predicted octanol–water partition coefficient (Wildman–Crippen LogP) is 2.56. The van der Waals surface area contributed by atoms with Crippen LogP contribution in [0.15, 0.2) is 30.3 Å². The number of ether oxygens (including phenoxy) is 2. The van der Waals surface area contributed by atoms with E-state index in [4.69, 9.17) is 15.2 Å². The van der Waals surface area contributed by atoms with Crippen LogP contribution >= 0.6 is 0 Å². The first-order valence-electron chi connectivity index (χ1n) is 13.2. The van der Waals surface area contributed by atoms with Crippen molar-refractivity contribution >= 4 is 29.8 Å². The molecule has 5 N–H and O–H groups in total. The summed E-state index contributed by atoms with van der Waals surface area (Å²) in [5.41, 5.74) is 5.54. The van der Waals surface area contributed by atoms with E-state index in [1.165, 1.54) is 0 Å². The topological polar surface area (TPSA) is 166 Å². The molecule has 0 radical (unpaired) electrons. The zero-order valence-corrected chi connectivity index (χ0v) is 24.0. The molecule has 1 aromatic carbocycles. The molecule has 4 amide bonds. The molecule has 0 fully saturated rings. The summed E-state index contributed by atoms with van der Waals surface area (Å²) >= 11 is 0. The Hall–Kier alpha value is -3.63. The molecule has 39 heavy (non-hydrogen) atoms. The molecule has 4 atom stereocenters. The van der Waals surface area contributed by atoms with E-state index in [1.54, 1.807) is 41.5 Å².